The number of hydrogen-bond acceptors (Lipinski definition) is 2. The number of piperidine rings is 1. The highest BCUT2D eigenvalue weighted by Gasteiger charge is 2.10. The van der Waals surface area contributed by atoms with Crippen LogP contribution in [-0.4, -0.2) is 11.5 Å². The van der Waals surface area contributed by atoms with Gasteiger partial charge in [-0.15, -0.1) is 0 Å². The molecule has 0 saturated carbocycles. The van der Waals surface area contributed by atoms with Gasteiger partial charge in [0.1, 0.15) is 0 Å². The van der Waals surface area contributed by atoms with Crippen molar-refractivity contribution in [1.29, 1.82) is 0 Å². The van der Waals surface area contributed by atoms with E-state index >= 15 is 0 Å². The molecule has 0 unspecified atom stereocenters. The summed E-state index contributed by atoms with van der Waals surface area (Å²) >= 11 is 0. The molecule has 4 rings (SSSR count). The Morgan fingerprint density at radius 3 is 2.90 bits per heavy atom. The van der Waals surface area contributed by atoms with Crippen molar-refractivity contribution in [3.05, 3.63) is 58.6 Å². The summed E-state index contributed by atoms with van der Waals surface area (Å²) in [6, 6.07) is 6.44. The average Bonchev–Trinajstić information content (AvgIpc) is 2.80. The summed E-state index contributed by atoms with van der Waals surface area (Å²) in [5.41, 5.74) is 3.72. The normalized spacial score (nSPS) is 19.6. The highest BCUT2D eigenvalue weighted by Crippen LogP contribution is 2.16. The number of hydrogen-bond donors (Lipinski definition) is 1. The highest BCUT2D eigenvalue weighted by atomic mass is 14.9. The Bertz CT molecular complexity index is 864. The fraction of sp³-hybridized carbons (Fsp3) is 0.211. The fourth-order valence-electron chi connectivity index (χ4n) is 3.23. The van der Waals surface area contributed by atoms with Crippen LogP contribution in [0, 0.1) is 0 Å². The Hall–Kier alpha value is -2.35. The number of allylic oxidation sites excluding steroid dienone is 3. The number of rotatable bonds is 0. The number of fused-ring (bicyclic) bond motifs is 3. The van der Waals surface area contributed by atoms with Crippen molar-refractivity contribution in [3.63, 3.8) is 0 Å². The second-order valence-corrected chi connectivity index (χ2v) is 5.59. The summed E-state index contributed by atoms with van der Waals surface area (Å²) in [5, 5.41) is 7.44. The molecule has 104 valence electrons. The maximum atomic E-state index is 4.57. The maximum Gasteiger partial charge on any atom is 0.0715 e. The second-order valence-electron chi connectivity index (χ2n) is 5.59. The average molecular weight is 274 g/mol. The third-order valence-corrected chi connectivity index (χ3v) is 4.26. The van der Waals surface area contributed by atoms with Gasteiger partial charge in [0.15, 0.2) is 0 Å². The first-order valence-corrected chi connectivity index (χ1v) is 7.63. The van der Waals surface area contributed by atoms with Gasteiger partial charge in [-0.3, -0.25) is 4.98 Å². The van der Waals surface area contributed by atoms with Gasteiger partial charge in [0.05, 0.1) is 5.52 Å². The van der Waals surface area contributed by atoms with Gasteiger partial charge in [-0.1, -0.05) is 36.4 Å². The Kier molecular flexibility index (Phi) is 3.07. The zero-order chi connectivity index (χ0) is 14.1. The molecule has 0 radical (unpaired) electrons. The van der Waals surface area contributed by atoms with Crippen molar-refractivity contribution in [3.8, 4) is 0 Å². The first-order chi connectivity index (χ1) is 10.4. The second kappa shape index (κ2) is 5.21. The van der Waals surface area contributed by atoms with E-state index in [0.717, 1.165) is 18.5 Å². The van der Waals surface area contributed by atoms with Gasteiger partial charge in [-0.05, 0) is 42.2 Å². The predicted octanol–water partition coefficient (Wildman–Crippen LogP) is 2.48. The quantitative estimate of drug-likeness (QED) is 0.798. The van der Waals surface area contributed by atoms with Crippen molar-refractivity contribution in [1.82, 2.24) is 10.3 Å². The van der Waals surface area contributed by atoms with Crippen molar-refractivity contribution in [2.45, 2.75) is 19.3 Å². The van der Waals surface area contributed by atoms with E-state index in [1.54, 1.807) is 0 Å². The molecule has 2 aromatic rings. The van der Waals surface area contributed by atoms with Crippen LogP contribution >= 0.6 is 0 Å². The highest BCUT2D eigenvalue weighted by molar-refractivity contribution is 5.90. The lowest BCUT2D eigenvalue weighted by atomic mass is 10.00. The molecule has 1 fully saturated rings. The van der Waals surface area contributed by atoms with Gasteiger partial charge >= 0.3 is 0 Å². The van der Waals surface area contributed by atoms with Crippen molar-refractivity contribution in [2.24, 2.45) is 0 Å². The van der Waals surface area contributed by atoms with Crippen LogP contribution < -0.4 is 15.8 Å². The zero-order valence-corrected chi connectivity index (χ0v) is 12.0. The number of nitrogens with one attached hydrogen (secondary N) is 1. The molecule has 1 saturated heterocycles. The molecule has 2 aliphatic rings. The fourth-order valence-corrected chi connectivity index (χ4v) is 3.23. The lowest BCUT2D eigenvalue weighted by molar-refractivity contribution is 0.642. The van der Waals surface area contributed by atoms with Gasteiger partial charge in [0, 0.05) is 29.0 Å². The third kappa shape index (κ3) is 2.17. The van der Waals surface area contributed by atoms with Crippen molar-refractivity contribution >= 4 is 28.8 Å². The molecule has 0 spiro atoms. The third-order valence-electron chi connectivity index (χ3n) is 4.26. The van der Waals surface area contributed by atoms with E-state index in [9.17, 15) is 0 Å². The van der Waals surface area contributed by atoms with E-state index in [2.05, 4.69) is 58.9 Å². The summed E-state index contributed by atoms with van der Waals surface area (Å²) in [7, 11) is 0. The molecular weight excluding hydrogens is 256 g/mol. The van der Waals surface area contributed by atoms with E-state index in [4.69, 9.17) is 0 Å². The van der Waals surface area contributed by atoms with Crippen LogP contribution in [0.2, 0.25) is 0 Å². The Labute approximate surface area is 124 Å². The Morgan fingerprint density at radius 1 is 1.00 bits per heavy atom. The number of aromatic nitrogens is 1. The SMILES string of the molecule is C1=CC=c2ccc3nccc(=C4CCCCN4)c3c2C=C1. The Balaban J connectivity index is 2.14. The topological polar surface area (TPSA) is 24.9 Å². The van der Waals surface area contributed by atoms with E-state index in [1.807, 2.05) is 6.20 Å². The first-order valence-electron chi connectivity index (χ1n) is 7.63. The molecule has 0 atom stereocenters. The lowest BCUT2D eigenvalue weighted by Crippen LogP contribution is -2.26. The monoisotopic (exact) mass is 274 g/mol. The van der Waals surface area contributed by atoms with Crippen LogP contribution in [0.5, 0.6) is 0 Å². The van der Waals surface area contributed by atoms with Gasteiger partial charge in [-0.25, -0.2) is 0 Å². The largest absolute Gasteiger partial charge is 0.388 e. The molecule has 1 aliphatic heterocycles. The molecular formula is C19H18N2. The molecule has 1 aromatic carbocycles. The predicted molar refractivity (Wildman–Crippen MR) is 88.9 cm³/mol. The molecule has 1 N–H and O–H groups in total. The molecule has 2 heteroatoms. The number of nitrogens with zero attached hydrogens (tertiary/aromatic N) is 1. The van der Waals surface area contributed by atoms with Crippen LogP contribution in [0.15, 0.2) is 42.6 Å². The molecule has 1 aliphatic carbocycles. The van der Waals surface area contributed by atoms with E-state index < -0.39 is 0 Å². The van der Waals surface area contributed by atoms with Gasteiger partial charge in [0.2, 0.25) is 0 Å². The van der Waals surface area contributed by atoms with Crippen molar-refractivity contribution < 1.29 is 0 Å². The Morgan fingerprint density at radius 2 is 2.00 bits per heavy atom. The van der Waals surface area contributed by atoms with Gasteiger partial charge in [0.25, 0.3) is 0 Å². The zero-order valence-electron chi connectivity index (χ0n) is 12.0. The molecule has 0 bridgehead atoms. The van der Waals surface area contributed by atoms with Crippen molar-refractivity contribution in [2.75, 3.05) is 6.54 Å². The minimum atomic E-state index is 1.08. The standard InChI is InChI=1S/C19H18N2/c1-2-6-14-9-10-18-19(15(14)7-3-1)16(11-13-21-18)17-8-4-5-12-20-17/h1-3,6-7,9-11,13,20H,4-5,8,12H2. The van der Waals surface area contributed by atoms with Crippen LogP contribution in [-0.2, 0) is 0 Å². The maximum absolute atomic E-state index is 4.57. The van der Waals surface area contributed by atoms with E-state index in [-0.39, 0.29) is 0 Å². The molecule has 0 amide bonds. The van der Waals surface area contributed by atoms with E-state index in [1.165, 1.54) is 39.9 Å². The minimum Gasteiger partial charge on any atom is -0.388 e. The lowest BCUT2D eigenvalue weighted by Gasteiger charge is -2.17. The molecule has 1 aromatic heterocycles. The van der Waals surface area contributed by atoms with Gasteiger partial charge in [-0.2, -0.15) is 0 Å². The smallest absolute Gasteiger partial charge is 0.0715 e. The van der Waals surface area contributed by atoms with Crippen LogP contribution in [0.25, 0.3) is 28.8 Å². The molecule has 2 heterocycles. The van der Waals surface area contributed by atoms with Crippen LogP contribution in [0.3, 0.4) is 0 Å². The first kappa shape index (κ1) is 12.4. The summed E-state index contributed by atoms with van der Waals surface area (Å²) in [6.45, 7) is 1.08. The molecule has 21 heavy (non-hydrogen) atoms. The summed E-state index contributed by atoms with van der Waals surface area (Å²) in [4.78, 5) is 4.57. The van der Waals surface area contributed by atoms with E-state index in [0.29, 0.717) is 0 Å². The molecule has 2 nitrogen and oxygen atoms in total. The minimum absolute atomic E-state index is 1.08. The van der Waals surface area contributed by atoms with Gasteiger partial charge < -0.3 is 5.32 Å². The number of benzene rings is 1. The summed E-state index contributed by atoms with van der Waals surface area (Å²) in [6.07, 6.45) is 16.2. The number of pyridine rings is 1. The van der Waals surface area contributed by atoms with Crippen LogP contribution in [0.1, 0.15) is 24.8 Å². The summed E-state index contributed by atoms with van der Waals surface area (Å²) < 4.78 is 0. The summed E-state index contributed by atoms with van der Waals surface area (Å²) in [5.74, 6) is 0. The van der Waals surface area contributed by atoms with Crippen LogP contribution in [0.4, 0.5) is 0 Å².